The predicted octanol–water partition coefficient (Wildman–Crippen LogP) is 17.3. The molecule has 64 heavy (non-hydrogen) atoms. The third-order valence-electron chi connectivity index (χ3n) is 12.4. The number of nitrogens with one attached hydrogen (secondary N) is 1. The first-order valence-electron chi connectivity index (χ1n) is 22.1. The molecule has 0 bridgehead atoms. The first kappa shape index (κ1) is 41.3. The normalized spacial score (nSPS) is 12.8. The van der Waals surface area contributed by atoms with E-state index >= 15 is 0 Å². The van der Waals surface area contributed by atoms with Crippen molar-refractivity contribution in [2.75, 3.05) is 5.32 Å². The van der Waals surface area contributed by atoms with Crippen LogP contribution in [0.1, 0.15) is 48.5 Å². The van der Waals surface area contributed by atoms with Gasteiger partial charge in [0.2, 0.25) is 0 Å². The average molecular weight is 867 g/mol. The lowest BCUT2D eigenvalue weighted by molar-refractivity contribution is 0.507. The SMILES string of the molecule is C/C=C(\C(Nc1c(-c2ccccc2)cc(-c2nc(-c3ccc4c(c3)sc3ccccc34)nc(-c3ccc4c(c3)sc3ccccc34)n2)cc1-c1ccccc1)=C(\C)C(C)C)C(C)(C)C. The smallest absolute Gasteiger partial charge is 0.164 e. The molecule has 0 atom stereocenters. The van der Waals surface area contributed by atoms with Gasteiger partial charge in [-0.3, -0.25) is 0 Å². The summed E-state index contributed by atoms with van der Waals surface area (Å²) in [5.41, 5.74) is 11.8. The van der Waals surface area contributed by atoms with E-state index in [-0.39, 0.29) is 5.41 Å². The molecular formula is C58H50N4S2. The van der Waals surface area contributed by atoms with Gasteiger partial charge in [0.25, 0.3) is 0 Å². The molecule has 0 saturated heterocycles. The van der Waals surface area contributed by atoms with Crippen LogP contribution in [0.15, 0.2) is 181 Å². The van der Waals surface area contributed by atoms with Gasteiger partial charge in [-0.25, -0.2) is 15.0 Å². The number of allylic oxidation sites excluding steroid dienone is 3. The lowest BCUT2D eigenvalue weighted by Gasteiger charge is -2.31. The van der Waals surface area contributed by atoms with Crippen LogP contribution in [0.2, 0.25) is 0 Å². The molecule has 10 aromatic rings. The highest BCUT2D eigenvalue weighted by atomic mass is 32.1. The summed E-state index contributed by atoms with van der Waals surface area (Å²) in [4.78, 5) is 16.1. The molecule has 0 amide bonds. The van der Waals surface area contributed by atoms with Crippen LogP contribution < -0.4 is 5.32 Å². The number of rotatable bonds is 9. The van der Waals surface area contributed by atoms with Gasteiger partial charge in [-0.15, -0.1) is 22.7 Å². The molecule has 0 fully saturated rings. The molecular weight excluding hydrogens is 817 g/mol. The highest BCUT2D eigenvalue weighted by molar-refractivity contribution is 7.26. The van der Waals surface area contributed by atoms with E-state index in [1.807, 2.05) is 0 Å². The highest BCUT2D eigenvalue weighted by Crippen LogP contribution is 2.45. The summed E-state index contributed by atoms with van der Waals surface area (Å²) in [7, 11) is 0. The standard InChI is InChI=1S/C58H50N4S2/c1-8-48(58(5,6)7)53(36(4)35(2)3)59-54-46(37-19-11-9-12-20-37)31-41(32-47(54)38-21-13-10-14-22-38)57-61-55(39-27-29-44-42-23-15-17-25-49(42)63-51(44)33-39)60-56(62-57)40-28-30-45-43-24-16-18-26-50(43)64-52(45)34-40/h8-35,59H,1-7H3/b48-8+,53-36+. The Bertz CT molecular complexity index is 3250. The molecule has 3 heterocycles. The molecule has 7 aromatic carbocycles. The second-order valence-corrected chi connectivity index (χ2v) is 20.1. The Morgan fingerprint density at radius 3 is 1.36 bits per heavy atom. The topological polar surface area (TPSA) is 50.7 Å². The summed E-state index contributed by atoms with van der Waals surface area (Å²) in [5.74, 6) is 2.23. The molecule has 0 aliphatic rings. The Balaban J connectivity index is 1.23. The van der Waals surface area contributed by atoms with Crippen molar-refractivity contribution in [3.05, 3.63) is 181 Å². The van der Waals surface area contributed by atoms with Crippen LogP contribution in [0.25, 0.3) is 96.8 Å². The first-order chi connectivity index (χ1) is 31.0. The fourth-order valence-electron chi connectivity index (χ4n) is 8.83. The minimum atomic E-state index is -0.0949. The van der Waals surface area contributed by atoms with E-state index in [4.69, 9.17) is 15.0 Å². The first-order valence-corrected chi connectivity index (χ1v) is 23.7. The number of anilines is 1. The zero-order valence-electron chi connectivity index (χ0n) is 37.3. The molecule has 0 radical (unpaired) electrons. The molecule has 0 aliphatic carbocycles. The van der Waals surface area contributed by atoms with Crippen LogP contribution in [-0.2, 0) is 0 Å². The minimum Gasteiger partial charge on any atom is -0.354 e. The van der Waals surface area contributed by atoms with Gasteiger partial charge >= 0.3 is 0 Å². The minimum absolute atomic E-state index is 0.0949. The Hall–Kier alpha value is -6.73. The fourth-order valence-corrected chi connectivity index (χ4v) is 11.1. The number of benzene rings is 7. The molecule has 1 N–H and O–H groups in total. The van der Waals surface area contributed by atoms with Crippen LogP contribution in [0.5, 0.6) is 0 Å². The second-order valence-electron chi connectivity index (χ2n) is 17.9. The summed E-state index contributed by atoms with van der Waals surface area (Å²) >= 11 is 3.61. The number of thiophene rings is 2. The quantitative estimate of drug-likeness (QED) is 0.147. The summed E-state index contributed by atoms with van der Waals surface area (Å²) in [6.45, 7) is 15.9. The van der Waals surface area contributed by atoms with Crippen LogP contribution >= 0.6 is 22.7 Å². The molecule has 314 valence electrons. The number of nitrogens with zero attached hydrogens (tertiary/aromatic N) is 3. The lowest BCUT2D eigenvalue weighted by atomic mass is 9.81. The van der Waals surface area contributed by atoms with E-state index in [0.717, 1.165) is 50.3 Å². The molecule has 0 unspecified atom stereocenters. The molecule has 10 rings (SSSR count). The van der Waals surface area contributed by atoms with Crippen molar-refractivity contribution in [1.29, 1.82) is 0 Å². The van der Waals surface area contributed by atoms with Gasteiger partial charge in [0.15, 0.2) is 17.5 Å². The zero-order chi connectivity index (χ0) is 44.1. The second kappa shape index (κ2) is 16.8. The molecule has 0 spiro atoms. The largest absolute Gasteiger partial charge is 0.354 e. The Kier molecular flexibility index (Phi) is 10.8. The van der Waals surface area contributed by atoms with Crippen LogP contribution in [0.4, 0.5) is 5.69 Å². The van der Waals surface area contributed by atoms with E-state index in [1.165, 1.54) is 51.5 Å². The predicted molar refractivity (Wildman–Crippen MR) is 277 cm³/mol. The zero-order valence-corrected chi connectivity index (χ0v) is 39.0. The van der Waals surface area contributed by atoms with Crippen LogP contribution in [0.3, 0.4) is 0 Å². The third-order valence-corrected chi connectivity index (χ3v) is 14.6. The maximum absolute atomic E-state index is 5.39. The lowest BCUT2D eigenvalue weighted by Crippen LogP contribution is -2.19. The molecule has 4 nitrogen and oxygen atoms in total. The summed E-state index contributed by atoms with van der Waals surface area (Å²) in [6, 6.07) is 56.4. The molecule has 0 aliphatic heterocycles. The maximum Gasteiger partial charge on any atom is 0.164 e. The monoisotopic (exact) mass is 866 g/mol. The van der Waals surface area contributed by atoms with Crippen molar-refractivity contribution in [2.24, 2.45) is 11.3 Å². The molecule has 0 saturated carbocycles. The van der Waals surface area contributed by atoms with Crippen molar-refractivity contribution >= 4 is 68.7 Å². The van der Waals surface area contributed by atoms with E-state index in [1.54, 1.807) is 22.7 Å². The van der Waals surface area contributed by atoms with Crippen LogP contribution in [0, 0.1) is 11.3 Å². The van der Waals surface area contributed by atoms with Crippen molar-refractivity contribution < 1.29 is 0 Å². The van der Waals surface area contributed by atoms with Gasteiger partial charge in [0, 0.05) is 73.9 Å². The van der Waals surface area contributed by atoms with E-state index in [9.17, 15) is 0 Å². The van der Waals surface area contributed by atoms with Crippen LogP contribution in [-0.4, -0.2) is 15.0 Å². The van der Waals surface area contributed by atoms with E-state index < -0.39 is 0 Å². The van der Waals surface area contributed by atoms with Crippen molar-refractivity contribution in [1.82, 2.24) is 15.0 Å². The number of aromatic nitrogens is 3. The maximum atomic E-state index is 5.39. The molecule has 6 heteroatoms. The summed E-state index contributed by atoms with van der Waals surface area (Å²) < 4.78 is 4.95. The van der Waals surface area contributed by atoms with E-state index in [0.29, 0.717) is 23.4 Å². The molecule has 3 aromatic heterocycles. The fraction of sp³-hybridized carbons (Fsp3) is 0.155. The van der Waals surface area contributed by atoms with Crippen molar-refractivity contribution in [3.8, 4) is 56.4 Å². The van der Waals surface area contributed by atoms with Gasteiger partial charge in [0.05, 0.1) is 5.69 Å². The Labute approximate surface area is 383 Å². The van der Waals surface area contributed by atoms with Gasteiger partial charge < -0.3 is 5.32 Å². The summed E-state index contributed by atoms with van der Waals surface area (Å²) in [6.07, 6.45) is 2.27. The Morgan fingerprint density at radius 2 is 0.922 bits per heavy atom. The van der Waals surface area contributed by atoms with Gasteiger partial charge in [0.1, 0.15) is 0 Å². The number of hydrogen-bond acceptors (Lipinski definition) is 6. The Morgan fingerprint density at radius 1 is 0.500 bits per heavy atom. The van der Waals surface area contributed by atoms with Gasteiger partial charge in [-0.05, 0) is 83.9 Å². The number of hydrogen-bond donors (Lipinski definition) is 1. The number of fused-ring (bicyclic) bond motifs is 6. The van der Waals surface area contributed by atoms with Crippen molar-refractivity contribution in [2.45, 2.75) is 48.5 Å². The van der Waals surface area contributed by atoms with Crippen molar-refractivity contribution in [3.63, 3.8) is 0 Å². The highest BCUT2D eigenvalue weighted by Gasteiger charge is 2.26. The van der Waals surface area contributed by atoms with E-state index in [2.05, 4.69) is 218 Å². The van der Waals surface area contributed by atoms with Gasteiger partial charge in [-0.2, -0.15) is 0 Å². The average Bonchev–Trinajstić information content (AvgIpc) is 3.88. The third kappa shape index (κ3) is 7.71. The van der Waals surface area contributed by atoms with Gasteiger partial charge in [-0.1, -0.05) is 162 Å². The summed E-state index contributed by atoms with van der Waals surface area (Å²) in [5, 5.41) is 9.14.